The monoisotopic (exact) mass is 322 g/mol. The molecule has 0 bridgehead atoms. The van der Waals surface area contributed by atoms with Gasteiger partial charge in [-0.05, 0) is 69.7 Å². The molecule has 1 aliphatic rings. The molecular formula is C19H31FN2O. The molecule has 0 saturated carbocycles. The third-order valence-electron chi connectivity index (χ3n) is 4.68. The molecule has 1 heterocycles. The molecule has 0 aliphatic carbocycles. The molecule has 130 valence electrons. The van der Waals surface area contributed by atoms with Crippen molar-refractivity contribution in [1.82, 2.24) is 5.32 Å². The Morgan fingerprint density at radius 1 is 1.17 bits per heavy atom. The van der Waals surface area contributed by atoms with E-state index < -0.39 is 0 Å². The van der Waals surface area contributed by atoms with E-state index in [0.29, 0.717) is 5.92 Å². The van der Waals surface area contributed by atoms with Crippen LogP contribution in [0.4, 0.5) is 10.1 Å². The molecule has 2 N–H and O–H groups in total. The molecule has 3 unspecified atom stereocenters. The highest BCUT2D eigenvalue weighted by Gasteiger charge is 2.16. The van der Waals surface area contributed by atoms with Gasteiger partial charge in [0.25, 0.3) is 0 Å². The summed E-state index contributed by atoms with van der Waals surface area (Å²) in [6.45, 7) is 8.73. The highest BCUT2D eigenvalue weighted by molar-refractivity contribution is 5.49. The largest absolute Gasteiger partial charge is 0.393 e. The van der Waals surface area contributed by atoms with Crippen LogP contribution in [0.25, 0.3) is 0 Å². The van der Waals surface area contributed by atoms with Gasteiger partial charge in [-0.1, -0.05) is 13.0 Å². The van der Waals surface area contributed by atoms with Crippen LogP contribution in [0.1, 0.15) is 58.1 Å². The fourth-order valence-corrected chi connectivity index (χ4v) is 3.35. The van der Waals surface area contributed by atoms with Gasteiger partial charge in [-0.2, -0.15) is 0 Å². The summed E-state index contributed by atoms with van der Waals surface area (Å²) in [5, 5.41) is 12.9. The van der Waals surface area contributed by atoms with Crippen molar-refractivity contribution in [3.8, 4) is 0 Å². The summed E-state index contributed by atoms with van der Waals surface area (Å²) < 4.78 is 14.5. The molecule has 3 nitrogen and oxygen atoms in total. The lowest BCUT2D eigenvalue weighted by Gasteiger charge is -2.29. The van der Waals surface area contributed by atoms with E-state index in [9.17, 15) is 9.50 Å². The summed E-state index contributed by atoms with van der Waals surface area (Å²) >= 11 is 0. The molecule has 23 heavy (non-hydrogen) atoms. The minimum Gasteiger partial charge on any atom is -0.393 e. The Hall–Kier alpha value is -1.13. The fraction of sp³-hybridized carbons (Fsp3) is 0.684. The van der Waals surface area contributed by atoms with Crippen LogP contribution in [0.3, 0.4) is 0 Å². The maximum absolute atomic E-state index is 14.5. The predicted octanol–water partition coefficient (Wildman–Crippen LogP) is 3.87. The van der Waals surface area contributed by atoms with Crippen LogP contribution in [0.15, 0.2) is 18.2 Å². The van der Waals surface area contributed by atoms with Gasteiger partial charge in [0.15, 0.2) is 0 Å². The molecule has 3 atom stereocenters. The van der Waals surface area contributed by atoms with Crippen LogP contribution in [-0.2, 0) is 0 Å². The van der Waals surface area contributed by atoms with Crippen LogP contribution in [0, 0.1) is 11.7 Å². The summed E-state index contributed by atoms with van der Waals surface area (Å²) in [6, 6.07) is 5.73. The second kappa shape index (κ2) is 8.65. The number of anilines is 1. The first-order chi connectivity index (χ1) is 11.0. The maximum atomic E-state index is 14.5. The number of piperidine rings is 1. The van der Waals surface area contributed by atoms with Gasteiger partial charge in [-0.25, -0.2) is 4.39 Å². The molecule has 1 aliphatic heterocycles. The number of aliphatic hydroxyl groups is 1. The molecule has 0 amide bonds. The minimum atomic E-state index is -0.275. The normalized spacial score (nSPS) is 19.4. The van der Waals surface area contributed by atoms with Gasteiger partial charge in [0.05, 0.1) is 11.8 Å². The smallest absolute Gasteiger partial charge is 0.146 e. The molecule has 0 spiro atoms. The van der Waals surface area contributed by atoms with Crippen molar-refractivity contribution in [1.29, 1.82) is 0 Å². The molecule has 2 rings (SSSR count). The molecule has 4 heteroatoms. The first-order valence-corrected chi connectivity index (χ1v) is 8.93. The number of halogens is 1. The number of rotatable bonds is 7. The lowest BCUT2D eigenvalue weighted by Crippen LogP contribution is -2.30. The number of hydrogen-bond acceptors (Lipinski definition) is 3. The van der Waals surface area contributed by atoms with Crippen molar-refractivity contribution in [3.63, 3.8) is 0 Å². The Labute approximate surface area is 139 Å². The summed E-state index contributed by atoms with van der Waals surface area (Å²) in [5.41, 5.74) is 1.72. The Balaban J connectivity index is 1.93. The fourth-order valence-electron chi connectivity index (χ4n) is 3.35. The van der Waals surface area contributed by atoms with Crippen LogP contribution in [0.2, 0.25) is 0 Å². The van der Waals surface area contributed by atoms with Crippen LogP contribution in [0.5, 0.6) is 0 Å². The zero-order chi connectivity index (χ0) is 16.8. The zero-order valence-electron chi connectivity index (χ0n) is 14.7. The highest BCUT2D eigenvalue weighted by atomic mass is 19.1. The van der Waals surface area contributed by atoms with E-state index in [-0.39, 0.29) is 18.0 Å². The lowest BCUT2D eigenvalue weighted by atomic mass is 10.0. The van der Waals surface area contributed by atoms with Crippen LogP contribution >= 0.6 is 0 Å². The number of nitrogens with zero attached hydrogens (tertiary/aromatic N) is 1. The van der Waals surface area contributed by atoms with Gasteiger partial charge in [0.2, 0.25) is 0 Å². The van der Waals surface area contributed by atoms with E-state index in [0.717, 1.165) is 50.1 Å². The van der Waals surface area contributed by atoms with E-state index in [4.69, 9.17) is 0 Å². The van der Waals surface area contributed by atoms with Gasteiger partial charge in [0.1, 0.15) is 5.82 Å². The Morgan fingerprint density at radius 3 is 2.48 bits per heavy atom. The third-order valence-corrected chi connectivity index (χ3v) is 4.68. The van der Waals surface area contributed by atoms with E-state index in [2.05, 4.69) is 24.1 Å². The minimum absolute atomic E-state index is 0.108. The van der Waals surface area contributed by atoms with E-state index >= 15 is 0 Å². The third kappa shape index (κ3) is 5.47. The molecule has 1 aromatic carbocycles. The van der Waals surface area contributed by atoms with Gasteiger partial charge >= 0.3 is 0 Å². The molecule has 0 aromatic heterocycles. The maximum Gasteiger partial charge on any atom is 0.146 e. The van der Waals surface area contributed by atoms with E-state index in [1.165, 1.54) is 6.42 Å². The van der Waals surface area contributed by atoms with Gasteiger partial charge < -0.3 is 15.3 Å². The first-order valence-electron chi connectivity index (χ1n) is 8.93. The molecular weight excluding hydrogens is 291 g/mol. The summed E-state index contributed by atoms with van der Waals surface area (Å²) in [6.07, 6.45) is 4.06. The van der Waals surface area contributed by atoms with Crippen molar-refractivity contribution >= 4 is 5.69 Å². The van der Waals surface area contributed by atoms with Crippen molar-refractivity contribution in [2.45, 2.75) is 58.6 Å². The standard InChI is InChI=1S/C19H31FN2O/c1-14(11-15(2)23)13-21-16(3)17-7-8-19(18(20)12-17)22-9-5-4-6-10-22/h7-8,12,14-16,21,23H,4-6,9-11,13H2,1-3H3. The Morgan fingerprint density at radius 2 is 1.87 bits per heavy atom. The average Bonchev–Trinajstić information content (AvgIpc) is 2.52. The van der Waals surface area contributed by atoms with Crippen LogP contribution < -0.4 is 10.2 Å². The van der Waals surface area contributed by atoms with E-state index in [1.807, 2.05) is 19.1 Å². The lowest BCUT2D eigenvalue weighted by molar-refractivity contribution is 0.162. The van der Waals surface area contributed by atoms with Crippen LogP contribution in [-0.4, -0.2) is 30.8 Å². The van der Waals surface area contributed by atoms with Crippen molar-refractivity contribution < 1.29 is 9.50 Å². The van der Waals surface area contributed by atoms with Gasteiger partial charge in [-0.15, -0.1) is 0 Å². The van der Waals surface area contributed by atoms with Crippen molar-refractivity contribution in [3.05, 3.63) is 29.6 Å². The Kier molecular flexibility index (Phi) is 6.85. The zero-order valence-corrected chi connectivity index (χ0v) is 14.7. The van der Waals surface area contributed by atoms with E-state index in [1.54, 1.807) is 6.07 Å². The Bertz CT molecular complexity index is 486. The number of benzene rings is 1. The summed E-state index contributed by atoms with van der Waals surface area (Å²) in [5.74, 6) is 0.282. The second-order valence-electron chi connectivity index (χ2n) is 7.08. The quantitative estimate of drug-likeness (QED) is 0.800. The molecule has 1 aromatic rings. The second-order valence-corrected chi connectivity index (χ2v) is 7.08. The van der Waals surface area contributed by atoms with Crippen molar-refractivity contribution in [2.24, 2.45) is 5.92 Å². The van der Waals surface area contributed by atoms with Gasteiger partial charge in [-0.3, -0.25) is 0 Å². The molecule has 1 saturated heterocycles. The SMILES string of the molecule is CC(O)CC(C)CNC(C)c1ccc(N2CCCCC2)c(F)c1. The average molecular weight is 322 g/mol. The number of hydrogen-bond donors (Lipinski definition) is 2. The molecule has 0 radical (unpaired) electrons. The van der Waals surface area contributed by atoms with Gasteiger partial charge in [0, 0.05) is 19.1 Å². The summed E-state index contributed by atoms with van der Waals surface area (Å²) in [7, 11) is 0. The first kappa shape index (κ1) is 18.2. The predicted molar refractivity (Wildman–Crippen MR) is 94.3 cm³/mol. The topological polar surface area (TPSA) is 35.5 Å². The summed E-state index contributed by atoms with van der Waals surface area (Å²) in [4.78, 5) is 2.16. The molecule has 1 fully saturated rings. The number of nitrogens with one attached hydrogen (secondary N) is 1. The number of aliphatic hydroxyl groups excluding tert-OH is 1. The van der Waals surface area contributed by atoms with Crippen molar-refractivity contribution in [2.75, 3.05) is 24.5 Å². The highest BCUT2D eigenvalue weighted by Crippen LogP contribution is 2.26.